The smallest absolute Gasteiger partial charge is 0.272 e. The molecule has 5 amide bonds. The van der Waals surface area contributed by atoms with Crippen molar-refractivity contribution >= 4 is 29.5 Å². The number of aromatic nitrogens is 2. The predicted molar refractivity (Wildman–Crippen MR) is 172 cm³/mol. The number of fused-ring (bicyclic) bond motifs is 1. The van der Waals surface area contributed by atoms with Crippen LogP contribution >= 0.6 is 0 Å². The maximum Gasteiger partial charge on any atom is 0.272 e. The van der Waals surface area contributed by atoms with E-state index in [1.54, 1.807) is 27.7 Å². The van der Waals surface area contributed by atoms with E-state index in [0.29, 0.717) is 32.2 Å². The van der Waals surface area contributed by atoms with Gasteiger partial charge < -0.3 is 31.3 Å². The first-order chi connectivity index (χ1) is 21.8. The molecule has 13 nitrogen and oxygen atoms in total. The molecule has 1 saturated heterocycles. The number of nitrogens with one attached hydrogen (secondary N) is 4. The Morgan fingerprint density at radius 2 is 1.63 bits per heavy atom. The van der Waals surface area contributed by atoms with Crippen LogP contribution in [-0.2, 0) is 19.2 Å². The van der Waals surface area contributed by atoms with Crippen LogP contribution in [0, 0.1) is 23.7 Å². The number of aliphatic hydroxyl groups excluding tert-OH is 1. The lowest BCUT2D eigenvalue weighted by atomic mass is 9.91. The van der Waals surface area contributed by atoms with Crippen molar-refractivity contribution < 1.29 is 29.1 Å². The summed E-state index contributed by atoms with van der Waals surface area (Å²) in [6.45, 7) is 13.1. The summed E-state index contributed by atoms with van der Waals surface area (Å²) in [7, 11) is 0. The lowest BCUT2D eigenvalue weighted by Gasteiger charge is -2.34. The quantitative estimate of drug-likeness (QED) is 0.178. The molecule has 0 spiro atoms. The Bertz CT molecular complexity index is 1260. The molecular weight excluding hydrogens is 590 g/mol. The van der Waals surface area contributed by atoms with Crippen molar-refractivity contribution in [2.45, 2.75) is 110 Å². The van der Waals surface area contributed by atoms with E-state index in [4.69, 9.17) is 0 Å². The van der Waals surface area contributed by atoms with Crippen LogP contribution in [0.3, 0.4) is 0 Å². The zero-order chi connectivity index (χ0) is 34.1. The van der Waals surface area contributed by atoms with Gasteiger partial charge in [-0.1, -0.05) is 60.1 Å². The zero-order valence-electron chi connectivity index (χ0n) is 28.0. The first-order valence-electron chi connectivity index (χ1n) is 16.4. The second-order valence-electron chi connectivity index (χ2n) is 13.1. The molecular formula is C33H51N7O6. The summed E-state index contributed by atoms with van der Waals surface area (Å²) in [4.78, 5) is 76.7. The monoisotopic (exact) mass is 641 g/mol. The normalized spacial score (nSPS) is 22.0. The highest BCUT2D eigenvalue weighted by Gasteiger charge is 2.50. The minimum Gasteiger partial charge on any atom is -0.381 e. The van der Waals surface area contributed by atoms with Crippen LogP contribution in [-0.4, -0.2) is 92.4 Å². The van der Waals surface area contributed by atoms with Gasteiger partial charge in [0.1, 0.15) is 23.8 Å². The van der Waals surface area contributed by atoms with Crippen molar-refractivity contribution in [3.63, 3.8) is 0 Å². The predicted octanol–water partition coefficient (Wildman–Crippen LogP) is 1.34. The van der Waals surface area contributed by atoms with Crippen LogP contribution in [0.2, 0.25) is 0 Å². The Morgan fingerprint density at radius 1 is 0.935 bits per heavy atom. The van der Waals surface area contributed by atoms with Crippen LogP contribution in [0.1, 0.15) is 84.6 Å². The van der Waals surface area contributed by atoms with Gasteiger partial charge in [0.25, 0.3) is 11.8 Å². The van der Waals surface area contributed by atoms with Crippen LogP contribution in [0.4, 0.5) is 0 Å². The van der Waals surface area contributed by atoms with Gasteiger partial charge in [0.05, 0.1) is 12.2 Å². The maximum absolute atomic E-state index is 14.2. The Balaban J connectivity index is 1.80. The van der Waals surface area contributed by atoms with Crippen molar-refractivity contribution in [2.75, 3.05) is 6.54 Å². The number of rotatable bonds is 15. The van der Waals surface area contributed by atoms with Gasteiger partial charge in [0.2, 0.25) is 17.7 Å². The maximum atomic E-state index is 14.2. The molecule has 13 heteroatoms. The third-order valence-electron chi connectivity index (χ3n) is 8.88. The highest BCUT2D eigenvalue weighted by atomic mass is 16.3. The average molecular weight is 642 g/mol. The SMILES string of the molecule is CCCC(NC(=O)C1[C@H]2CC=C[C@H]2CN1C(=O)[C@@H](NC(=O)[C@@H](NC(=O)c1cnccn1)C(C)C)C(C)C)C(O)C(=O)N[C@@H](C)CC. The molecule has 254 valence electrons. The number of carbonyl (C=O) groups is 5. The van der Waals surface area contributed by atoms with E-state index in [-0.39, 0.29) is 35.4 Å². The number of nitrogens with zero attached hydrogens (tertiary/aromatic N) is 3. The summed E-state index contributed by atoms with van der Waals surface area (Å²) in [5.41, 5.74) is 0.0619. The number of allylic oxidation sites excluding steroid dienone is 1. The fraction of sp³-hybridized carbons (Fsp3) is 0.667. The van der Waals surface area contributed by atoms with E-state index < -0.39 is 59.8 Å². The van der Waals surface area contributed by atoms with E-state index in [1.165, 1.54) is 23.5 Å². The average Bonchev–Trinajstić information content (AvgIpc) is 3.63. The molecule has 0 radical (unpaired) electrons. The van der Waals surface area contributed by atoms with Gasteiger partial charge in [-0.05, 0) is 43.9 Å². The zero-order valence-corrected chi connectivity index (χ0v) is 28.0. The molecule has 0 bridgehead atoms. The summed E-state index contributed by atoms with van der Waals surface area (Å²) in [5.74, 6) is -3.35. The number of hydrogen-bond acceptors (Lipinski definition) is 8. The molecule has 2 heterocycles. The summed E-state index contributed by atoms with van der Waals surface area (Å²) in [5, 5.41) is 22.1. The van der Waals surface area contributed by atoms with Crippen LogP contribution in [0.5, 0.6) is 0 Å². The van der Waals surface area contributed by atoms with Crippen molar-refractivity contribution in [3.8, 4) is 0 Å². The van der Waals surface area contributed by atoms with Gasteiger partial charge >= 0.3 is 0 Å². The van der Waals surface area contributed by atoms with E-state index >= 15 is 0 Å². The molecule has 0 saturated carbocycles. The van der Waals surface area contributed by atoms with E-state index in [1.807, 2.05) is 32.9 Å². The van der Waals surface area contributed by atoms with E-state index in [0.717, 1.165) is 0 Å². The Kier molecular flexibility index (Phi) is 13.2. The fourth-order valence-corrected chi connectivity index (χ4v) is 6.02. The molecule has 3 rings (SSSR count). The third kappa shape index (κ3) is 8.89. The second-order valence-corrected chi connectivity index (χ2v) is 13.1. The first-order valence-corrected chi connectivity index (χ1v) is 16.4. The first kappa shape index (κ1) is 36.6. The van der Waals surface area contributed by atoms with Gasteiger partial charge in [-0.15, -0.1) is 0 Å². The van der Waals surface area contributed by atoms with Crippen LogP contribution in [0.25, 0.3) is 0 Å². The standard InChI is InChI=1S/C33H51N7O6/c1-8-11-23(28(41)32(45)36-20(7)9-2)37-31(44)27-22-13-10-12-21(22)17-40(27)33(46)26(19(5)6)39-30(43)25(18(3)4)38-29(42)24-16-34-14-15-35-24/h10,12,14-16,18-23,25-28,41H,8-9,11,13,17H2,1-7H3,(H,36,45)(H,37,44)(H,38,42)(H,39,43)/t20-,21-,22-,23?,25-,26-,27?,28?/m0/s1. The van der Waals surface area contributed by atoms with Gasteiger partial charge in [-0.2, -0.15) is 0 Å². The summed E-state index contributed by atoms with van der Waals surface area (Å²) >= 11 is 0. The minimum atomic E-state index is -1.45. The Morgan fingerprint density at radius 3 is 2.22 bits per heavy atom. The Labute approximate surface area is 271 Å². The molecule has 8 atom stereocenters. The highest BCUT2D eigenvalue weighted by Crippen LogP contribution is 2.39. The summed E-state index contributed by atoms with van der Waals surface area (Å²) in [6.07, 6.45) is 8.97. The number of likely N-dealkylation sites (tertiary alicyclic amines) is 1. The van der Waals surface area contributed by atoms with Crippen molar-refractivity contribution in [1.82, 2.24) is 36.1 Å². The molecule has 3 unspecified atom stereocenters. The van der Waals surface area contributed by atoms with Gasteiger partial charge in [-0.3, -0.25) is 29.0 Å². The molecule has 5 N–H and O–H groups in total. The largest absolute Gasteiger partial charge is 0.381 e. The molecule has 1 aliphatic carbocycles. The molecule has 2 aliphatic rings. The van der Waals surface area contributed by atoms with Gasteiger partial charge in [0, 0.05) is 30.9 Å². The molecule has 0 aromatic carbocycles. The minimum absolute atomic E-state index is 0.0406. The van der Waals surface area contributed by atoms with Crippen molar-refractivity contribution in [2.24, 2.45) is 23.7 Å². The molecule has 46 heavy (non-hydrogen) atoms. The summed E-state index contributed by atoms with van der Waals surface area (Å²) < 4.78 is 0. The summed E-state index contributed by atoms with van der Waals surface area (Å²) in [6, 6.07) is -3.75. The van der Waals surface area contributed by atoms with Crippen LogP contribution in [0.15, 0.2) is 30.7 Å². The van der Waals surface area contributed by atoms with Gasteiger partial charge in [-0.25, -0.2) is 4.98 Å². The van der Waals surface area contributed by atoms with E-state index in [9.17, 15) is 29.1 Å². The highest BCUT2D eigenvalue weighted by molar-refractivity contribution is 5.98. The Hall–Kier alpha value is -3.87. The molecule has 1 aromatic heterocycles. The topological polar surface area (TPSA) is 183 Å². The third-order valence-corrected chi connectivity index (χ3v) is 8.88. The second kappa shape index (κ2) is 16.6. The fourth-order valence-electron chi connectivity index (χ4n) is 6.02. The number of carbonyl (C=O) groups excluding carboxylic acids is 5. The lowest BCUT2D eigenvalue weighted by Crippen LogP contribution is -2.61. The lowest BCUT2D eigenvalue weighted by molar-refractivity contribution is -0.144. The molecule has 1 aliphatic heterocycles. The van der Waals surface area contributed by atoms with Crippen molar-refractivity contribution in [3.05, 3.63) is 36.4 Å². The molecule has 1 fully saturated rings. The van der Waals surface area contributed by atoms with E-state index in [2.05, 4.69) is 31.2 Å². The molecule has 1 aromatic rings. The number of aliphatic hydroxyl groups is 1. The number of hydrogen-bond donors (Lipinski definition) is 5. The van der Waals surface area contributed by atoms with Gasteiger partial charge in [0.15, 0.2) is 6.10 Å². The number of amides is 5. The van der Waals surface area contributed by atoms with Crippen molar-refractivity contribution in [1.29, 1.82) is 0 Å². The van der Waals surface area contributed by atoms with Crippen LogP contribution < -0.4 is 21.3 Å².